The van der Waals surface area contributed by atoms with E-state index in [0.717, 1.165) is 0 Å². The number of halogens is 2. The number of nitrogens with zero attached hydrogens (tertiary/aromatic N) is 1. The van der Waals surface area contributed by atoms with Crippen LogP contribution in [0.15, 0.2) is 42.5 Å². The van der Waals surface area contributed by atoms with Gasteiger partial charge < -0.3 is 15.0 Å². The molecule has 1 atom stereocenters. The van der Waals surface area contributed by atoms with Crippen LogP contribution < -0.4 is 10.2 Å². The molecule has 0 saturated carbocycles. The molecule has 2 aromatic carbocycles. The molecule has 0 spiro atoms. The molecular formula is C19H16Cl2N2O4. The predicted molar refractivity (Wildman–Crippen MR) is 103 cm³/mol. The maximum Gasteiger partial charge on any atom is 0.339 e. The minimum absolute atomic E-state index is 0.103. The Balaban J connectivity index is 1.71. The molecular weight excluding hydrogens is 391 g/mol. The highest BCUT2D eigenvalue weighted by atomic mass is 35.5. The van der Waals surface area contributed by atoms with Crippen molar-refractivity contribution >= 4 is 52.4 Å². The third-order valence-corrected chi connectivity index (χ3v) is 4.85. The number of esters is 1. The fourth-order valence-electron chi connectivity index (χ4n) is 2.87. The summed E-state index contributed by atoms with van der Waals surface area (Å²) in [5.41, 5.74) is 1.25. The number of ether oxygens (including phenoxy) is 1. The molecule has 8 heteroatoms. The zero-order valence-corrected chi connectivity index (χ0v) is 15.9. The van der Waals surface area contributed by atoms with Crippen molar-refractivity contribution in [1.82, 2.24) is 0 Å². The zero-order chi connectivity index (χ0) is 19.6. The molecule has 1 saturated heterocycles. The fourth-order valence-corrected chi connectivity index (χ4v) is 3.19. The van der Waals surface area contributed by atoms with Crippen LogP contribution in [0.2, 0.25) is 10.0 Å². The molecule has 1 fully saturated rings. The number of hydrogen-bond acceptors (Lipinski definition) is 4. The van der Waals surface area contributed by atoms with E-state index in [-0.39, 0.29) is 35.4 Å². The highest BCUT2D eigenvalue weighted by molar-refractivity contribution is 6.33. The molecule has 6 nitrogen and oxygen atoms in total. The lowest BCUT2D eigenvalue weighted by Gasteiger charge is -2.17. The van der Waals surface area contributed by atoms with Crippen LogP contribution in [0.25, 0.3) is 0 Å². The number of carbonyl (C=O) groups excluding carboxylic acids is 3. The monoisotopic (exact) mass is 406 g/mol. The van der Waals surface area contributed by atoms with E-state index in [9.17, 15) is 14.4 Å². The summed E-state index contributed by atoms with van der Waals surface area (Å²) in [6.45, 7) is 0.268. The van der Waals surface area contributed by atoms with Crippen LogP contribution in [0.1, 0.15) is 16.8 Å². The van der Waals surface area contributed by atoms with Crippen LogP contribution in [-0.4, -0.2) is 31.4 Å². The molecule has 3 rings (SSSR count). The normalized spacial score (nSPS) is 16.3. The third-order valence-electron chi connectivity index (χ3n) is 4.27. The Morgan fingerprint density at radius 1 is 1.15 bits per heavy atom. The lowest BCUT2D eigenvalue weighted by Crippen LogP contribution is -2.28. The van der Waals surface area contributed by atoms with E-state index in [1.54, 1.807) is 35.2 Å². The zero-order valence-electron chi connectivity index (χ0n) is 14.4. The summed E-state index contributed by atoms with van der Waals surface area (Å²) in [4.78, 5) is 38.1. The molecule has 1 aliphatic rings. The Labute approximate surface area is 166 Å². The second-order valence-corrected chi connectivity index (χ2v) is 6.90. The van der Waals surface area contributed by atoms with Crippen LogP contribution in [0.3, 0.4) is 0 Å². The maximum atomic E-state index is 12.6. The second-order valence-electron chi connectivity index (χ2n) is 6.06. The van der Waals surface area contributed by atoms with Gasteiger partial charge >= 0.3 is 5.97 Å². The van der Waals surface area contributed by atoms with Crippen molar-refractivity contribution in [3.05, 3.63) is 58.1 Å². The van der Waals surface area contributed by atoms with Crippen LogP contribution >= 0.6 is 23.2 Å². The lowest BCUT2D eigenvalue weighted by molar-refractivity contribution is -0.122. The predicted octanol–water partition coefficient (Wildman–Crippen LogP) is 3.77. The van der Waals surface area contributed by atoms with Gasteiger partial charge in [0.05, 0.1) is 23.6 Å². The van der Waals surface area contributed by atoms with Gasteiger partial charge in [0.15, 0.2) is 0 Å². The van der Waals surface area contributed by atoms with Gasteiger partial charge in [-0.25, -0.2) is 4.79 Å². The molecule has 0 bridgehead atoms. The van der Waals surface area contributed by atoms with Crippen molar-refractivity contribution in [2.45, 2.75) is 6.42 Å². The van der Waals surface area contributed by atoms with Crippen molar-refractivity contribution in [1.29, 1.82) is 0 Å². The third kappa shape index (κ3) is 4.23. The highest BCUT2D eigenvalue weighted by Crippen LogP contribution is 2.28. The van der Waals surface area contributed by atoms with E-state index in [2.05, 4.69) is 10.1 Å². The maximum absolute atomic E-state index is 12.6. The van der Waals surface area contributed by atoms with Gasteiger partial charge in [-0.3, -0.25) is 9.59 Å². The first-order valence-electron chi connectivity index (χ1n) is 8.13. The number of carbonyl (C=O) groups is 3. The van der Waals surface area contributed by atoms with Crippen molar-refractivity contribution in [2.24, 2.45) is 5.92 Å². The van der Waals surface area contributed by atoms with Crippen LogP contribution in [0, 0.1) is 5.92 Å². The molecule has 0 radical (unpaired) electrons. The summed E-state index contributed by atoms with van der Waals surface area (Å²) in [6.07, 6.45) is 0.103. The van der Waals surface area contributed by atoms with Gasteiger partial charge in [0.2, 0.25) is 11.8 Å². The smallest absolute Gasteiger partial charge is 0.339 e. The van der Waals surface area contributed by atoms with Crippen molar-refractivity contribution in [3.63, 3.8) is 0 Å². The molecule has 1 heterocycles. The van der Waals surface area contributed by atoms with Gasteiger partial charge in [0.25, 0.3) is 0 Å². The average molecular weight is 407 g/mol. The Bertz CT molecular complexity index is 899. The number of rotatable bonds is 4. The van der Waals surface area contributed by atoms with E-state index in [0.29, 0.717) is 16.4 Å². The number of anilines is 2. The first-order chi connectivity index (χ1) is 12.9. The van der Waals surface area contributed by atoms with Crippen molar-refractivity contribution < 1.29 is 19.1 Å². The summed E-state index contributed by atoms with van der Waals surface area (Å²) < 4.78 is 4.67. The van der Waals surface area contributed by atoms with E-state index >= 15 is 0 Å². The quantitative estimate of drug-likeness (QED) is 0.783. The Kier molecular flexibility index (Phi) is 5.68. The van der Waals surface area contributed by atoms with Crippen molar-refractivity contribution in [3.8, 4) is 0 Å². The van der Waals surface area contributed by atoms with Crippen LogP contribution in [-0.2, 0) is 14.3 Å². The van der Waals surface area contributed by atoms with E-state index in [4.69, 9.17) is 23.2 Å². The second kappa shape index (κ2) is 7.98. The van der Waals surface area contributed by atoms with Gasteiger partial charge in [-0.05, 0) is 42.5 Å². The lowest BCUT2D eigenvalue weighted by atomic mass is 10.1. The highest BCUT2D eigenvalue weighted by Gasteiger charge is 2.35. The summed E-state index contributed by atoms with van der Waals surface area (Å²) in [7, 11) is 1.25. The molecule has 2 aromatic rings. The Morgan fingerprint density at radius 3 is 2.52 bits per heavy atom. The van der Waals surface area contributed by atoms with Gasteiger partial charge in [0, 0.05) is 29.4 Å². The molecule has 0 aliphatic carbocycles. The average Bonchev–Trinajstić information content (AvgIpc) is 3.05. The topological polar surface area (TPSA) is 75.7 Å². The Hall–Kier alpha value is -2.57. The molecule has 2 amide bonds. The number of nitrogens with one attached hydrogen (secondary N) is 1. The molecule has 0 aromatic heterocycles. The minimum Gasteiger partial charge on any atom is -0.465 e. The van der Waals surface area contributed by atoms with Gasteiger partial charge in [-0.1, -0.05) is 23.2 Å². The van der Waals surface area contributed by atoms with E-state index in [1.165, 1.54) is 19.2 Å². The van der Waals surface area contributed by atoms with Crippen LogP contribution in [0.5, 0.6) is 0 Å². The van der Waals surface area contributed by atoms with Crippen LogP contribution in [0.4, 0.5) is 11.4 Å². The minimum atomic E-state index is -0.596. The van der Waals surface area contributed by atoms with Gasteiger partial charge in [0.1, 0.15) is 0 Å². The summed E-state index contributed by atoms with van der Waals surface area (Å²) >= 11 is 11.8. The summed E-state index contributed by atoms with van der Waals surface area (Å²) in [5.74, 6) is -1.55. The molecule has 1 unspecified atom stereocenters. The first kappa shape index (κ1) is 19.2. The number of amides is 2. The molecule has 1 aliphatic heterocycles. The van der Waals surface area contributed by atoms with E-state index in [1.807, 2.05) is 0 Å². The van der Waals surface area contributed by atoms with Gasteiger partial charge in [-0.15, -0.1) is 0 Å². The number of benzene rings is 2. The summed E-state index contributed by atoms with van der Waals surface area (Å²) in [5, 5.41) is 3.53. The molecule has 1 N–H and O–H groups in total. The standard InChI is InChI=1S/C19H16Cl2N2O4/c1-27-19(26)15-9-13(4-7-16(15)21)22-18(25)11-8-17(24)23(10-11)14-5-2-12(20)3-6-14/h2-7,9,11H,8,10H2,1H3,(H,22,25). The number of methoxy groups -OCH3 is 1. The Morgan fingerprint density at radius 2 is 1.85 bits per heavy atom. The largest absolute Gasteiger partial charge is 0.465 e. The summed E-state index contributed by atoms with van der Waals surface area (Å²) in [6, 6.07) is 11.4. The van der Waals surface area contributed by atoms with Crippen molar-refractivity contribution in [2.75, 3.05) is 23.9 Å². The fraction of sp³-hybridized carbons (Fsp3) is 0.211. The SMILES string of the molecule is COC(=O)c1cc(NC(=O)C2CC(=O)N(c3ccc(Cl)cc3)C2)ccc1Cl. The van der Waals surface area contributed by atoms with E-state index < -0.39 is 11.9 Å². The number of hydrogen-bond donors (Lipinski definition) is 1. The van der Waals surface area contributed by atoms with Gasteiger partial charge in [-0.2, -0.15) is 0 Å². The molecule has 140 valence electrons. The first-order valence-corrected chi connectivity index (χ1v) is 8.89. The molecule has 27 heavy (non-hydrogen) atoms.